The average molecular weight is 318 g/mol. The molecule has 4 heteroatoms. The molecule has 0 radical (unpaired) electrons. The second-order valence-corrected chi connectivity index (χ2v) is 5.82. The van der Waals surface area contributed by atoms with Gasteiger partial charge in [0, 0.05) is 24.0 Å². The van der Waals surface area contributed by atoms with Gasteiger partial charge in [-0.1, -0.05) is 48.5 Å². The van der Waals surface area contributed by atoms with E-state index in [0.29, 0.717) is 5.95 Å². The number of rotatable bonds is 6. The summed E-state index contributed by atoms with van der Waals surface area (Å²) in [5, 5.41) is 6.68. The molecule has 0 saturated heterocycles. The lowest BCUT2D eigenvalue weighted by Crippen LogP contribution is -2.09. The van der Waals surface area contributed by atoms with Gasteiger partial charge in [-0.2, -0.15) is 4.98 Å². The molecular weight excluding hydrogens is 296 g/mol. The number of hydrogen-bond acceptors (Lipinski definition) is 4. The molecule has 0 aliphatic rings. The molecule has 0 amide bonds. The first kappa shape index (κ1) is 16.0. The highest BCUT2D eigenvalue weighted by Gasteiger charge is 2.04. The van der Waals surface area contributed by atoms with E-state index in [1.165, 1.54) is 11.1 Å². The highest BCUT2D eigenvalue weighted by Crippen LogP contribution is 2.19. The van der Waals surface area contributed by atoms with Crippen LogP contribution in [-0.4, -0.2) is 16.5 Å². The van der Waals surface area contributed by atoms with Gasteiger partial charge in [0.15, 0.2) is 0 Å². The Morgan fingerprint density at radius 1 is 0.875 bits per heavy atom. The van der Waals surface area contributed by atoms with E-state index >= 15 is 0 Å². The number of hydrogen-bond donors (Lipinski definition) is 2. The molecule has 3 aromatic rings. The van der Waals surface area contributed by atoms with Crippen molar-refractivity contribution < 1.29 is 0 Å². The number of aryl methyl sites for hydroxylation is 2. The molecule has 2 N–H and O–H groups in total. The van der Waals surface area contributed by atoms with Gasteiger partial charge in [0.05, 0.1) is 0 Å². The molecule has 24 heavy (non-hydrogen) atoms. The third-order valence-electron chi connectivity index (χ3n) is 3.81. The van der Waals surface area contributed by atoms with E-state index < -0.39 is 0 Å². The van der Waals surface area contributed by atoms with Crippen LogP contribution in [0.25, 0.3) is 0 Å². The van der Waals surface area contributed by atoms with Crippen LogP contribution in [0.4, 0.5) is 17.5 Å². The zero-order chi connectivity index (χ0) is 16.8. The Balaban J connectivity index is 1.66. The first-order valence-electron chi connectivity index (χ1n) is 8.17. The highest BCUT2D eigenvalue weighted by atomic mass is 15.1. The standard InChI is InChI=1S/C20H22N4/c1-15-8-6-7-11-18(15)23-20-22-16(2)14-19(24-20)21-13-12-17-9-4-3-5-10-17/h3-11,14H,12-13H2,1-2H3,(H2,21,22,23,24). The maximum atomic E-state index is 4.57. The van der Waals surface area contributed by atoms with Gasteiger partial charge in [0.1, 0.15) is 5.82 Å². The lowest BCUT2D eigenvalue weighted by atomic mass is 10.1. The first-order valence-corrected chi connectivity index (χ1v) is 8.17. The van der Waals surface area contributed by atoms with E-state index in [4.69, 9.17) is 0 Å². The molecule has 0 spiro atoms. The van der Waals surface area contributed by atoms with E-state index in [-0.39, 0.29) is 0 Å². The lowest BCUT2D eigenvalue weighted by molar-refractivity contribution is 0.994. The fourth-order valence-corrected chi connectivity index (χ4v) is 2.53. The SMILES string of the molecule is Cc1cc(NCCc2ccccc2)nc(Nc2ccccc2C)n1. The molecule has 4 nitrogen and oxygen atoms in total. The van der Waals surface area contributed by atoms with Gasteiger partial charge in [-0.05, 0) is 37.5 Å². The molecule has 0 unspecified atom stereocenters. The van der Waals surface area contributed by atoms with Crippen LogP contribution in [0.2, 0.25) is 0 Å². The highest BCUT2D eigenvalue weighted by molar-refractivity contribution is 5.59. The minimum Gasteiger partial charge on any atom is -0.370 e. The van der Waals surface area contributed by atoms with Crippen molar-refractivity contribution in [2.75, 3.05) is 17.2 Å². The molecule has 0 fully saturated rings. The summed E-state index contributed by atoms with van der Waals surface area (Å²) in [6, 6.07) is 20.5. The summed E-state index contributed by atoms with van der Waals surface area (Å²) < 4.78 is 0. The summed E-state index contributed by atoms with van der Waals surface area (Å²) in [5.41, 5.74) is 4.44. The zero-order valence-electron chi connectivity index (χ0n) is 14.1. The van der Waals surface area contributed by atoms with Crippen molar-refractivity contribution in [2.45, 2.75) is 20.3 Å². The van der Waals surface area contributed by atoms with E-state index in [9.17, 15) is 0 Å². The Morgan fingerprint density at radius 3 is 2.42 bits per heavy atom. The molecule has 0 aliphatic heterocycles. The van der Waals surface area contributed by atoms with Crippen LogP contribution >= 0.6 is 0 Å². The summed E-state index contributed by atoms with van der Waals surface area (Å²) in [6.45, 7) is 4.88. The van der Waals surface area contributed by atoms with Crippen LogP contribution in [0.3, 0.4) is 0 Å². The molecule has 1 aromatic heterocycles. The first-order chi connectivity index (χ1) is 11.7. The number of nitrogens with zero attached hydrogens (tertiary/aromatic N) is 2. The summed E-state index contributed by atoms with van der Waals surface area (Å²) in [6.07, 6.45) is 0.963. The van der Waals surface area contributed by atoms with E-state index in [1.54, 1.807) is 0 Å². The largest absolute Gasteiger partial charge is 0.370 e. The van der Waals surface area contributed by atoms with Crippen LogP contribution in [0.1, 0.15) is 16.8 Å². The second-order valence-electron chi connectivity index (χ2n) is 5.82. The fourth-order valence-electron chi connectivity index (χ4n) is 2.53. The van der Waals surface area contributed by atoms with E-state index in [1.807, 2.05) is 37.3 Å². The van der Waals surface area contributed by atoms with Gasteiger partial charge in [-0.3, -0.25) is 0 Å². The normalized spacial score (nSPS) is 10.4. The van der Waals surface area contributed by atoms with Gasteiger partial charge in [-0.25, -0.2) is 4.98 Å². The quantitative estimate of drug-likeness (QED) is 0.703. The van der Waals surface area contributed by atoms with Gasteiger partial charge in [0.2, 0.25) is 5.95 Å². The van der Waals surface area contributed by atoms with Crippen molar-refractivity contribution in [3.8, 4) is 0 Å². The third-order valence-corrected chi connectivity index (χ3v) is 3.81. The van der Waals surface area contributed by atoms with Gasteiger partial charge in [-0.15, -0.1) is 0 Å². The minimum absolute atomic E-state index is 0.617. The Labute approximate surface area is 143 Å². The molecule has 3 rings (SSSR count). The molecule has 1 heterocycles. The number of aromatic nitrogens is 2. The van der Waals surface area contributed by atoms with Crippen molar-refractivity contribution in [1.82, 2.24) is 9.97 Å². The fraction of sp³-hybridized carbons (Fsp3) is 0.200. The smallest absolute Gasteiger partial charge is 0.229 e. The molecule has 0 atom stereocenters. The molecule has 122 valence electrons. The summed E-state index contributed by atoms with van der Waals surface area (Å²) in [5.74, 6) is 1.46. The van der Waals surface area contributed by atoms with E-state index in [0.717, 1.165) is 30.2 Å². The van der Waals surface area contributed by atoms with Gasteiger partial charge in [0.25, 0.3) is 0 Å². The van der Waals surface area contributed by atoms with Gasteiger partial charge < -0.3 is 10.6 Å². The van der Waals surface area contributed by atoms with Crippen molar-refractivity contribution in [3.63, 3.8) is 0 Å². The van der Waals surface area contributed by atoms with Crippen LogP contribution in [0.15, 0.2) is 60.7 Å². The number of benzene rings is 2. The summed E-state index contributed by atoms with van der Waals surface area (Å²) in [4.78, 5) is 9.04. The number of para-hydroxylation sites is 1. The van der Waals surface area contributed by atoms with Crippen molar-refractivity contribution in [2.24, 2.45) is 0 Å². The second kappa shape index (κ2) is 7.59. The Kier molecular flexibility index (Phi) is 5.06. The molecule has 2 aromatic carbocycles. The van der Waals surface area contributed by atoms with Crippen LogP contribution in [-0.2, 0) is 6.42 Å². The van der Waals surface area contributed by atoms with Crippen LogP contribution < -0.4 is 10.6 Å². The number of anilines is 3. The van der Waals surface area contributed by atoms with Gasteiger partial charge >= 0.3 is 0 Å². The number of nitrogens with one attached hydrogen (secondary N) is 2. The minimum atomic E-state index is 0.617. The Hall–Kier alpha value is -2.88. The summed E-state index contributed by atoms with van der Waals surface area (Å²) in [7, 11) is 0. The Morgan fingerprint density at radius 2 is 1.62 bits per heavy atom. The Bertz CT molecular complexity index is 800. The maximum absolute atomic E-state index is 4.57. The zero-order valence-corrected chi connectivity index (χ0v) is 14.1. The topological polar surface area (TPSA) is 49.8 Å². The molecular formula is C20H22N4. The van der Waals surface area contributed by atoms with Crippen molar-refractivity contribution >= 4 is 17.5 Å². The van der Waals surface area contributed by atoms with Crippen LogP contribution in [0, 0.1) is 13.8 Å². The molecule has 0 aliphatic carbocycles. The molecule has 0 saturated carbocycles. The van der Waals surface area contributed by atoms with Crippen LogP contribution in [0.5, 0.6) is 0 Å². The molecule has 0 bridgehead atoms. The predicted molar refractivity (Wildman–Crippen MR) is 99.9 cm³/mol. The van der Waals surface area contributed by atoms with Crippen molar-refractivity contribution in [3.05, 3.63) is 77.5 Å². The summed E-state index contributed by atoms with van der Waals surface area (Å²) >= 11 is 0. The average Bonchev–Trinajstić information content (AvgIpc) is 2.57. The van der Waals surface area contributed by atoms with Crippen molar-refractivity contribution in [1.29, 1.82) is 0 Å². The van der Waals surface area contributed by atoms with E-state index in [2.05, 4.69) is 57.9 Å². The third kappa shape index (κ3) is 4.32. The predicted octanol–water partition coefficient (Wildman–Crippen LogP) is 4.49. The maximum Gasteiger partial charge on any atom is 0.229 e. The lowest BCUT2D eigenvalue weighted by Gasteiger charge is -2.11. The monoisotopic (exact) mass is 318 g/mol.